The molecule has 1 fully saturated rings. The fourth-order valence-electron chi connectivity index (χ4n) is 3.01. The molecule has 1 aromatic carbocycles. The minimum atomic E-state index is -0.391. The third-order valence-corrected chi connectivity index (χ3v) is 4.08. The highest BCUT2D eigenvalue weighted by molar-refractivity contribution is 5.18. The molecule has 18 heavy (non-hydrogen) atoms. The van der Waals surface area contributed by atoms with E-state index in [0.29, 0.717) is 0 Å². The van der Waals surface area contributed by atoms with Crippen LogP contribution in [0.3, 0.4) is 0 Å². The second kappa shape index (κ2) is 6.91. The smallest absolute Gasteiger partial charge is 0.108 e. The molecule has 0 amide bonds. The molecule has 100 valence electrons. The van der Waals surface area contributed by atoms with Crippen LogP contribution in [0, 0.1) is 5.92 Å². The van der Waals surface area contributed by atoms with E-state index in [4.69, 9.17) is 4.74 Å². The summed E-state index contributed by atoms with van der Waals surface area (Å²) in [7, 11) is 1.68. The summed E-state index contributed by atoms with van der Waals surface area (Å²) in [5.41, 5.74) is 1.07. The van der Waals surface area contributed by atoms with Crippen LogP contribution in [0.25, 0.3) is 0 Å². The maximum Gasteiger partial charge on any atom is 0.108 e. The average molecular weight is 248 g/mol. The molecule has 1 aliphatic carbocycles. The molecule has 0 spiro atoms. The Morgan fingerprint density at radius 1 is 1.22 bits per heavy atom. The van der Waals surface area contributed by atoms with Gasteiger partial charge < -0.3 is 9.84 Å². The van der Waals surface area contributed by atoms with Crippen molar-refractivity contribution in [3.63, 3.8) is 0 Å². The zero-order valence-electron chi connectivity index (χ0n) is 11.2. The Balaban J connectivity index is 1.87. The number of benzene rings is 1. The lowest BCUT2D eigenvalue weighted by molar-refractivity contribution is -0.0198. The molecule has 1 aromatic rings. The van der Waals surface area contributed by atoms with Crippen molar-refractivity contribution in [1.29, 1.82) is 0 Å². The number of methoxy groups -OCH3 is 1. The van der Waals surface area contributed by atoms with Crippen LogP contribution in [0.15, 0.2) is 30.3 Å². The minimum absolute atomic E-state index is 0.187. The van der Waals surface area contributed by atoms with Crippen LogP contribution in [-0.2, 0) is 4.74 Å². The van der Waals surface area contributed by atoms with Crippen LogP contribution >= 0.6 is 0 Å². The number of aliphatic hydroxyl groups excluding tert-OH is 1. The number of hydrogen-bond acceptors (Lipinski definition) is 2. The van der Waals surface area contributed by atoms with Crippen molar-refractivity contribution in [3.05, 3.63) is 35.9 Å². The van der Waals surface area contributed by atoms with E-state index in [2.05, 4.69) is 0 Å². The lowest BCUT2D eigenvalue weighted by Crippen LogP contribution is -2.21. The first-order valence-corrected chi connectivity index (χ1v) is 7.07. The Labute approximate surface area is 110 Å². The Hall–Kier alpha value is -0.860. The van der Waals surface area contributed by atoms with Gasteiger partial charge in [0.05, 0.1) is 6.10 Å². The fourth-order valence-corrected chi connectivity index (χ4v) is 3.01. The molecule has 1 N–H and O–H groups in total. The van der Waals surface area contributed by atoms with Crippen LogP contribution in [0.2, 0.25) is 0 Å². The summed E-state index contributed by atoms with van der Waals surface area (Å²) in [6.45, 7) is 0. The predicted molar refractivity (Wildman–Crippen MR) is 73.4 cm³/mol. The minimum Gasteiger partial charge on any atom is -0.390 e. The molecule has 2 atom stereocenters. The van der Waals surface area contributed by atoms with Gasteiger partial charge in [0, 0.05) is 7.11 Å². The molecule has 1 aliphatic rings. The lowest BCUT2D eigenvalue weighted by atomic mass is 9.95. The first-order valence-electron chi connectivity index (χ1n) is 7.07. The van der Waals surface area contributed by atoms with E-state index in [-0.39, 0.29) is 6.10 Å². The van der Waals surface area contributed by atoms with E-state index >= 15 is 0 Å². The van der Waals surface area contributed by atoms with Gasteiger partial charge in [-0.15, -0.1) is 0 Å². The molecular formula is C16H24O2. The largest absolute Gasteiger partial charge is 0.390 e. The molecule has 1 saturated carbocycles. The van der Waals surface area contributed by atoms with Crippen LogP contribution < -0.4 is 0 Å². The van der Waals surface area contributed by atoms with E-state index in [9.17, 15) is 5.11 Å². The van der Waals surface area contributed by atoms with Crippen molar-refractivity contribution in [3.8, 4) is 0 Å². The first-order chi connectivity index (χ1) is 8.81. The Bertz CT molecular complexity index is 330. The fraction of sp³-hybridized carbons (Fsp3) is 0.625. The number of hydrogen-bond donors (Lipinski definition) is 1. The van der Waals surface area contributed by atoms with Crippen LogP contribution in [0.4, 0.5) is 0 Å². The third kappa shape index (κ3) is 3.56. The van der Waals surface area contributed by atoms with Gasteiger partial charge in [0.2, 0.25) is 0 Å². The Morgan fingerprint density at radius 2 is 1.89 bits per heavy atom. The summed E-state index contributed by atoms with van der Waals surface area (Å²) in [5.74, 6) is 0.827. The summed E-state index contributed by atoms with van der Waals surface area (Å²) in [6, 6.07) is 10.0. The van der Waals surface area contributed by atoms with Crippen LogP contribution in [0.1, 0.15) is 50.2 Å². The SMILES string of the molecule is COC(c1ccccc1)C(O)CCC1CCCC1. The molecule has 2 rings (SSSR count). The van der Waals surface area contributed by atoms with Crippen molar-refractivity contribution < 1.29 is 9.84 Å². The Kier molecular flexibility index (Phi) is 5.21. The summed E-state index contributed by atoms with van der Waals surface area (Å²) in [6.07, 6.45) is 6.82. The quantitative estimate of drug-likeness (QED) is 0.831. The molecule has 0 bridgehead atoms. The van der Waals surface area contributed by atoms with Gasteiger partial charge in [0.1, 0.15) is 6.10 Å². The van der Waals surface area contributed by atoms with Crippen LogP contribution in [0.5, 0.6) is 0 Å². The van der Waals surface area contributed by atoms with Crippen molar-refractivity contribution in [2.45, 2.75) is 50.7 Å². The third-order valence-electron chi connectivity index (χ3n) is 4.08. The van der Waals surface area contributed by atoms with Gasteiger partial charge in [0.25, 0.3) is 0 Å². The second-order valence-electron chi connectivity index (χ2n) is 5.36. The molecule has 0 radical (unpaired) electrons. The standard InChI is InChI=1S/C16H24O2/c1-18-16(14-9-3-2-4-10-14)15(17)12-11-13-7-5-6-8-13/h2-4,9-10,13,15-17H,5-8,11-12H2,1H3. The van der Waals surface area contributed by atoms with Gasteiger partial charge in [-0.25, -0.2) is 0 Å². The summed E-state index contributed by atoms with van der Waals surface area (Å²) in [5, 5.41) is 10.3. The van der Waals surface area contributed by atoms with Gasteiger partial charge >= 0.3 is 0 Å². The molecule has 0 aromatic heterocycles. The van der Waals surface area contributed by atoms with E-state index in [1.54, 1.807) is 7.11 Å². The van der Waals surface area contributed by atoms with E-state index in [1.165, 1.54) is 25.7 Å². The Morgan fingerprint density at radius 3 is 2.50 bits per heavy atom. The van der Waals surface area contributed by atoms with Crippen LogP contribution in [-0.4, -0.2) is 18.3 Å². The zero-order chi connectivity index (χ0) is 12.8. The highest BCUT2D eigenvalue weighted by Gasteiger charge is 2.23. The number of ether oxygens (including phenoxy) is 1. The monoisotopic (exact) mass is 248 g/mol. The van der Waals surface area contributed by atoms with E-state index in [1.807, 2.05) is 30.3 Å². The average Bonchev–Trinajstić information content (AvgIpc) is 2.92. The van der Waals surface area contributed by atoms with Crippen molar-refractivity contribution in [1.82, 2.24) is 0 Å². The highest BCUT2D eigenvalue weighted by atomic mass is 16.5. The second-order valence-corrected chi connectivity index (χ2v) is 5.36. The van der Waals surface area contributed by atoms with Gasteiger partial charge in [-0.05, 0) is 24.3 Å². The summed E-state index contributed by atoms with van der Waals surface area (Å²) < 4.78 is 5.46. The molecule has 2 heteroatoms. The summed E-state index contributed by atoms with van der Waals surface area (Å²) in [4.78, 5) is 0. The molecule has 0 saturated heterocycles. The molecule has 0 aliphatic heterocycles. The van der Waals surface area contributed by atoms with Crippen molar-refractivity contribution in [2.24, 2.45) is 5.92 Å². The van der Waals surface area contributed by atoms with E-state index in [0.717, 1.165) is 24.3 Å². The van der Waals surface area contributed by atoms with Gasteiger partial charge in [-0.3, -0.25) is 0 Å². The number of aliphatic hydroxyl groups is 1. The first kappa shape index (κ1) is 13.6. The molecular weight excluding hydrogens is 224 g/mol. The van der Waals surface area contributed by atoms with E-state index < -0.39 is 6.10 Å². The van der Waals surface area contributed by atoms with Gasteiger partial charge in [0.15, 0.2) is 0 Å². The van der Waals surface area contributed by atoms with Gasteiger partial charge in [-0.1, -0.05) is 56.0 Å². The lowest BCUT2D eigenvalue weighted by Gasteiger charge is -2.23. The van der Waals surface area contributed by atoms with Crippen molar-refractivity contribution >= 4 is 0 Å². The van der Waals surface area contributed by atoms with Gasteiger partial charge in [-0.2, -0.15) is 0 Å². The maximum absolute atomic E-state index is 10.3. The molecule has 2 unspecified atom stereocenters. The topological polar surface area (TPSA) is 29.5 Å². The maximum atomic E-state index is 10.3. The molecule has 2 nitrogen and oxygen atoms in total. The van der Waals surface area contributed by atoms with Crippen molar-refractivity contribution in [2.75, 3.05) is 7.11 Å². The summed E-state index contributed by atoms with van der Waals surface area (Å²) >= 11 is 0. The predicted octanol–water partition coefficient (Wildman–Crippen LogP) is 3.71. The molecule has 0 heterocycles. The number of rotatable bonds is 6. The zero-order valence-corrected chi connectivity index (χ0v) is 11.2. The normalized spacial score (nSPS) is 19.9. The highest BCUT2D eigenvalue weighted by Crippen LogP contribution is 2.31.